The Morgan fingerprint density at radius 3 is 2.18 bits per heavy atom. The van der Waals surface area contributed by atoms with E-state index in [2.05, 4.69) is 5.32 Å². The van der Waals surface area contributed by atoms with E-state index in [1.165, 1.54) is 11.0 Å². The van der Waals surface area contributed by atoms with Crippen LogP contribution in [0.4, 0.5) is 18.4 Å². The number of piperidine rings is 1. The number of alkyl halides is 1. The largest absolute Gasteiger partial charge is 0.447 e. The van der Waals surface area contributed by atoms with Gasteiger partial charge in [-0.25, -0.2) is 18.4 Å². The minimum absolute atomic E-state index is 0.0536. The summed E-state index contributed by atoms with van der Waals surface area (Å²) in [6.07, 6.45) is -0.685. The number of carbonyl (C=O) groups is 3. The van der Waals surface area contributed by atoms with Crippen molar-refractivity contribution in [3.63, 3.8) is 0 Å². The first-order valence-electron chi connectivity index (χ1n) is 15.6. The number of likely N-dealkylation sites (tertiary alicyclic amines) is 2. The fraction of sp³-hybridized carbons (Fsp3) is 0.559. The SMILES string of the molecule is CC(C)OC(=O)N1CCC(OCc2ccc(-c3ccc(C[C@H](NC(=O)OC(C)(C)C)C(=O)N4CC[C@H](F)C4)c(F)c3)cc2)CC1. The molecule has 2 heterocycles. The van der Waals surface area contributed by atoms with E-state index < -0.39 is 35.6 Å². The van der Waals surface area contributed by atoms with Gasteiger partial charge in [-0.3, -0.25) is 4.79 Å². The Labute approximate surface area is 264 Å². The average molecular weight is 630 g/mol. The van der Waals surface area contributed by atoms with Gasteiger partial charge in [-0.2, -0.15) is 0 Å². The highest BCUT2D eigenvalue weighted by Gasteiger charge is 2.33. The fourth-order valence-corrected chi connectivity index (χ4v) is 5.39. The first-order chi connectivity index (χ1) is 21.3. The Bertz CT molecular complexity index is 1320. The summed E-state index contributed by atoms with van der Waals surface area (Å²) in [5.41, 5.74) is 1.91. The summed E-state index contributed by atoms with van der Waals surface area (Å²) in [6.45, 7) is 10.6. The predicted molar refractivity (Wildman–Crippen MR) is 166 cm³/mol. The summed E-state index contributed by atoms with van der Waals surface area (Å²) < 4.78 is 45.9. The van der Waals surface area contributed by atoms with Gasteiger partial charge in [0.05, 0.1) is 25.4 Å². The first kappa shape index (κ1) is 34.1. The van der Waals surface area contributed by atoms with E-state index in [4.69, 9.17) is 14.2 Å². The van der Waals surface area contributed by atoms with Crippen molar-refractivity contribution in [1.29, 1.82) is 0 Å². The molecule has 3 amide bonds. The fourth-order valence-electron chi connectivity index (χ4n) is 5.39. The van der Waals surface area contributed by atoms with Crippen molar-refractivity contribution in [2.45, 2.75) is 96.9 Å². The molecule has 2 fully saturated rings. The second-order valence-corrected chi connectivity index (χ2v) is 13.0. The molecule has 11 heteroatoms. The average Bonchev–Trinajstić information content (AvgIpc) is 3.41. The van der Waals surface area contributed by atoms with E-state index >= 15 is 4.39 Å². The molecule has 0 radical (unpaired) electrons. The lowest BCUT2D eigenvalue weighted by atomic mass is 9.98. The highest BCUT2D eigenvalue weighted by atomic mass is 19.1. The van der Waals surface area contributed by atoms with Crippen molar-refractivity contribution in [2.24, 2.45) is 0 Å². The third-order valence-corrected chi connectivity index (χ3v) is 7.72. The van der Waals surface area contributed by atoms with Gasteiger partial charge in [0.25, 0.3) is 0 Å². The number of ether oxygens (including phenoxy) is 3. The number of carbonyl (C=O) groups excluding carboxylic acids is 3. The van der Waals surface area contributed by atoms with E-state index in [1.54, 1.807) is 37.8 Å². The van der Waals surface area contributed by atoms with E-state index in [-0.39, 0.29) is 49.8 Å². The lowest BCUT2D eigenvalue weighted by Crippen LogP contribution is -2.50. The summed E-state index contributed by atoms with van der Waals surface area (Å²) in [5.74, 6) is -0.987. The van der Waals surface area contributed by atoms with Crippen molar-refractivity contribution in [3.05, 3.63) is 59.4 Å². The van der Waals surface area contributed by atoms with E-state index in [0.717, 1.165) is 24.0 Å². The highest BCUT2D eigenvalue weighted by Crippen LogP contribution is 2.25. The van der Waals surface area contributed by atoms with Crippen LogP contribution in [0.3, 0.4) is 0 Å². The van der Waals surface area contributed by atoms with Crippen LogP contribution >= 0.6 is 0 Å². The maximum absolute atomic E-state index is 15.4. The smallest absolute Gasteiger partial charge is 0.410 e. The van der Waals surface area contributed by atoms with Crippen LogP contribution in [0.5, 0.6) is 0 Å². The van der Waals surface area contributed by atoms with Crippen LogP contribution in [0.1, 0.15) is 65.0 Å². The van der Waals surface area contributed by atoms with Crippen LogP contribution in [0.2, 0.25) is 0 Å². The van der Waals surface area contributed by atoms with E-state index in [1.807, 2.05) is 38.1 Å². The molecule has 0 unspecified atom stereocenters. The number of nitrogens with one attached hydrogen (secondary N) is 1. The molecule has 2 aliphatic rings. The molecule has 4 rings (SSSR count). The quantitative estimate of drug-likeness (QED) is 0.364. The lowest BCUT2D eigenvalue weighted by molar-refractivity contribution is -0.132. The molecule has 2 atom stereocenters. The van der Waals surface area contributed by atoms with Gasteiger partial charge in [-0.15, -0.1) is 0 Å². The minimum atomic E-state index is -1.12. The number of amides is 3. The first-order valence-corrected chi connectivity index (χ1v) is 15.6. The van der Waals surface area contributed by atoms with Crippen molar-refractivity contribution in [1.82, 2.24) is 15.1 Å². The maximum Gasteiger partial charge on any atom is 0.410 e. The monoisotopic (exact) mass is 629 g/mol. The van der Waals surface area contributed by atoms with Crippen molar-refractivity contribution in [3.8, 4) is 11.1 Å². The highest BCUT2D eigenvalue weighted by molar-refractivity contribution is 5.86. The maximum atomic E-state index is 15.4. The number of alkyl carbamates (subject to hydrolysis) is 1. The zero-order valence-corrected chi connectivity index (χ0v) is 26.8. The minimum Gasteiger partial charge on any atom is -0.447 e. The number of nitrogens with zero attached hydrogens (tertiary/aromatic N) is 2. The summed E-state index contributed by atoms with van der Waals surface area (Å²) in [4.78, 5) is 40.9. The second kappa shape index (κ2) is 15.0. The van der Waals surface area contributed by atoms with Gasteiger partial charge in [-0.1, -0.05) is 36.4 Å². The summed E-state index contributed by atoms with van der Waals surface area (Å²) in [7, 11) is 0. The van der Waals surface area contributed by atoms with Gasteiger partial charge >= 0.3 is 12.2 Å². The molecule has 0 aromatic heterocycles. The molecule has 2 saturated heterocycles. The molecule has 0 spiro atoms. The zero-order chi connectivity index (χ0) is 32.7. The van der Waals surface area contributed by atoms with Crippen molar-refractivity contribution >= 4 is 18.1 Å². The van der Waals surface area contributed by atoms with Crippen LogP contribution in [0, 0.1) is 5.82 Å². The predicted octanol–water partition coefficient (Wildman–Crippen LogP) is 6.02. The molecule has 246 valence electrons. The van der Waals surface area contributed by atoms with E-state index in [0.29, 0.717) is 25.3 Å². The van der Waals surface area contributed by atoms with Crippen molar-refractivity contribution < 1.29 is 37.4 Å². The van der Waals surface area contributed by atoms with Crippen LogP contribution < -0.4 is 5.32 Å². The Balaban J connectivity index is 1.35. The topological polar surface area (TPSA) is 97.4 Å². The Kier molecular flexibility index (Phi) is 11.4. The molecule has 45 heavy (non-hydrogen) atoms. The molecule has 0 aliphatic carbocycles. The number of benzene rings is 2. The molecule has 9 nitrogen and oxygen atoms in total. The summed E-state index contributed by atoms with van der Waals surface area (Å²) in [5, 5.41) is 2.57. The molecule has 1 N–H and O–H groups in total. The molecule has 0 bridgehead atoms. The van der Waals surface area contributed by atoms with Gasteiger partial charge in [0.1, 0.15) is 23.6 Å². The number of hydrogen-bond acceptors (Lipinski definition) is 6. The van der Waals surface area contributed by atoms with Crippen LogP contribution in [0.15, 0.2) is 42.5 Å². The molecule has 2 aliphatic heterocycles. The number of halogens is 2. The molecule has 0 saturated carbocycles. The third-order valence-electron chi connectivity index (χ3n) is 7.72. The van der Waals surface area contributed by atoms with Gasteiger partial charge in [-0.05, 0) is 82.2 Å². The molecule has 2 aromatic carbocycles. The lowest BCUT2D eigenvalue weighted by Gasteiger charge is -2.31. The number of hydrogen-bond donors (Lipinski definition) is 1. The van der Waals surface area contributed by atoms with Gasteiger partial charge < -0.3 is 29.3 Å². The van der Waals surface area contributed by atoms with Crippen LogP contribution in [-0.2, 0) is 32.0 Å². The van der Waals surface area contributed by atoms with Gasteiger partial charge in [0.15, 0.2) is 0 Å². The number of rotatable bonds is 9. The Hall–Kier alpha value is -3.73. The van der Waals surface area contributed by atoms with Gasteiger partial charge in [0, 0.05) is 26.1 Å². The Morgan fingerprint density at radius 1 is 0.956 bits per heavy atom. The standard InChI is InChI=1S/C34H45F2N3O6/c1-22(2)44-33(42)38-16-13-28(14-17-38)43-21-23-6-8-24(9-7-23)25-10-11-26(29(36)18-25)19-30(37-32(41)45-34(3,4)5)31(40)39-15-12-27(35)20-39/h6-11,18,22,27-28,30H,12-17,19-21H2,1-5H3,(H,37,41)/t27-,30-/m0/s1. The van der Waals surface area contributed by atoms with Crippen molar-refractivity contribution in [2.75, 3.05) is 26.2 Å². The van der Waals surface area contributed by atoms with Crippen LogP contribution in [0.25, 0.3) is 11.1 Å². The van der Waals surface area contributed by atoms with Gasteiger partial charge in [0.2, 0.25) is 5.91 Å². The normalized spacial score (nSPS) is 18.2. The summed E-state index contributed by atoms with van der Waals surface area (Å²) >= 11 is 0. The molecular weight excluding hydrogens is 584 g/mol. The molecular formula is C34H45F2N3O6. The summed E-state index contributed by atoms with van der Waals surface area (Å²) in [6, 6.07) is 11.3. The second-order valence-electron chi connectivity index (χ2n) is 13.0. The zero-order valence-electron chi connectivity index (χ0n) is 26.8. The third kappa shape index (κ3) is 10.1. The molecule has 2 aromatic rings. The Morgan fingerprint density at radius 2 is 1.60 bits per heavy atom. The van der Waals surface area contributed by atoms with Crippen LogP contribution in [-0.4, -0.2) is 84.1 Å². The van der Waals surface area contributed by atoms with E-state index in [9.17, 15) is 18.8 Å².